The van der Waals surface area contributed by atoms with Crippen LogP contribution < -0.4 is 10.0 Å². The molecule has 2 N–H and O–H groups in total. The molecule has 1 aromatic rings. The van der Waals surface area contributed by atoms with Gasteiger partial charge in [-0.3, -0.25) is 0 Å². The quantitative estimate of drug-likeness (QED) is 0.776. The molecule has 118 valence electrons. The van der Waals surface area contributed by atoms with Crippen LogP contribution >= 0.6 is 0 Å². The molecule has 0 radical (unpaired) electrons. The second kappa shape index (κ2) is 6.90. The summed E-state index contributed by atoms with van der Waals surface area (Å²) >= 11 is 0. The molecule has 0 spiro atoms. The van der Waals surface area contributed by atoms with Crippen LogP contribution in [-0.4, -0.2) is 21.0 Å². The fraction of sp³-hybridized carbons (Fsp3) is 0.625. The van der Waals surface area contributed by atoms with Crippen molar-refractivity contribution in [1.29, 1.82) is 0 Å². The molecule has 2 unspecified atom stereocenters. The zero-order valence-electron chi connectivity index (χ0n) is 13.1. The molecule has 4 nitrogen and oxygen atoms in total. The van der Waals surface area contributed by atoms with Gasteiger partial charge in [0.05, 0.1) is 4.90 Å². The van der Waals surface area contributed by atoms with Gasteiger partial charge in [0.15, 0.2) is 0 Å². The number of sulfonamides is 1. The van der Waals surface area contributed by atoms with Crippen molar-refractivity contribution in [3.8, 4) is 0 Å². The Balaban J connectivity index is 2.11. The molecule has 0 bridgehead atoms. The highest BCUT2D eigenvalue weighted by Crippen LogP contribution is 2.33. The minimum atomic E-state index is -3.42. The van der Waals surface area contributed by atoms with E-state index in [1.807, 2.05) is 19.1 Å². The van der Waals surface area contributed by atoms with Crippen LogP contribution in [-0.2, 0) is 10.0 Å². The highest BCUT2D eigenvalue weighted by atomic mass is 32.2. The summed E-state index contributed by atoms with van der Waals surface area (Å²) in [5.41, 5.74) is 1.01. The first-order valence-corrected chi connectivity index (χ1v) is 9.28. The van der Waals surface area contributed by atoms with Crippen LogP contribution in [0.2, 0.25) is 0 Å². The van der Waals surface area contributed by atoms with E-state index in [1.54, 1.807) is 12.1 Å². The summed E-state index contributed by atoms with van der Waals surface area (Å²) in [7, 11) is -3.42. The Kier molecular flexibility index (Phi) is 5.41. The first kappa shape index (κ1) is 16.5. The largest absolute Gasteiger partial charge is 0.310 e. The summed E-state index contributed by atoms with van der Waals surface area (Å²) in [5, 5.41) is 3.38. The minimum absolute atomic E-state index is 0.0225. The third-order valence-electron chi connectivity index (χ3n) is 4.04. The molecule has 0 saturated heterocycles. The second-order valence-corrected chi connectivity index (χ2v) is 7.71. The zero-order valence-corrected chi connectivity index (χ0v) is 13.9. The molecule has 1 fully saturated rings. The lowest BCUT2D eigenvalue weighted by Crippen LogP contribution is -2.34. The van der Waals surface area contributed by atoms with E-state index in [4.69, 9.17) is 0 Å². The summed E-state index contributed by atoms with van der Waals surface area (Å²) in [6, 6.07) is 7.40. The highest BCUT2D eigenvalue weighted by Gasteiger charge is 2.31. The van der Waals surface area contributed by atoms with E-state index in [0.29, 0.717) is 10.8 Å². The zero-order chi connectivity index (χ0) is 15.5. The Morgan fingerprint density at radius 2 is 2.00 bits per heavy atom. The summed E-state index contributed by atoms with van der Waals surface area (Å²) < 4.78 is 27.7. The topological polar surface area (TPSA) is 58.2 Å². The molecule has 2 atom stereocenters. The van der Waals surface area contributed by atoms with Gasteiger partial charge in [0.1, 0.15) is 0 Å². The molecular formula is C16H26N2O2S. The monoisotopic (exact) mass is 310 g/mol. The third kappa shape index (κ3) is 4.53. The van der Waals surface area contributed by atoms with Crippen molar-refractivity contribution in [3.63, 3.8) is 0 Å². The van der Waals surface area contributed by atoms with Crippen molar-refractivity contribution >= 4 is 10.0 Å². The van der Waals surface area contributed by atoms with Gasteiger partial charge in [-0.15, -0.1) is 0 Å². The predicted octanol–water partition coefficient (Wildman–Crippen LogP) is 2.82. The molecule has 5 heteroatoms. The molecule has 0 aromatic heterocycles. The van der Waals surface area contributed by atoms with Gasteiger partial charge in [0, 0.05) is 12.1 Å². The molecule has 1 aromatic carbocycles. The minimum Gasteiger partial charge on any atom is -0.310 e. The van der Waals surface area contributed by atoms with Gasteiger partial charge in [-0.1, -0.05) is 19.1 Å². The molecule has 0 heterocycles. The molecule has 21 heavy (non-hydrogen) atoms. The van der Waals surface area contributed by atoms with Crippen molar-refractivity contribution in [2.24, 2.45) is 5.92 Å². The van der Waals surface area contributed by atoms with Gasteiger partial charge in [-0.25, -0.2) is 13.1 Å². The summed E-state index contributed by atoms with van der Waals surface area (Å²) in [5.74, 6) is 0.508. The van der Waals surface area contributed by atoms with E-state index in [-0.39, 0.29) is 12.1 Å². The van der Waals surface area contributed by atoms with Crippen LogP contribution in [0.3, 0.4) is 0 Å². The van der Waals surface area contributed by atoms with E-state index >= 15 is 0 Å². The molecule has 1 aliphatic carbocycles. The lowest BCUT2D eigenvalue weighted by molar-refractivity contribution is 0.537. The maximum atomic E-state index is 12.4. The fourth-order valence-electron chi connectivity index (χ4n) is 2.43. The van der Waals surface area contributed by atoms with Crippen LogP contribution in [0, 0.1) is 5.92 Å². The van der Waals surface area contributed by atoms with Gasteiger partial charge in [0.25, 0.3) is 0 Å². The normalized spacial score (nSPS) is 18.4. The lowest BCUT2D eigenvalue weighted by Gasteiger charge is -2.16. The average Bonchev–Trinajstić information content (AvgIpc) is 3.29. The number of rotatable bonds is 8. The number of nitrogens with one attached hydrogen (secondary N) is 2. The van der Waals surface area contributed by atoms with Crippen LogP contribution in [0.4, 0.5) is 0 Å². The van der Waals surface area contributed by atoms with Gasteiger partial charge in [0.2, 0.25) is 10.0 Å². The SMILES string of the molecule is CCCNC(C)c1cccc(S(=O)(=O)NC(C)C2CC2)c1. The summed E-state index contributed by atoms with van der Waals surface area (Å²) in [4.78, 5) is 0.359. The Bertz CT molecular complexity index is 567. The van der Waals surface area contributed by atoms with Crippen LogP contribution in [0.5, 0.6) is 0 Å². The first-order chi connectivity index (χ1) is 9.94. The van der Waals surface area contributed by atoms with Crippen molar-refractivity contribution in [2.45, 2.75) is 57.0 Å². The van der Waals surface area contributed by atoms with E-state index in [9.17, 15) is 8.42 Å². The predicted molar refractivity (Wildman–Crippen MR) is 85.7 cm³/mol. The number of benzene rings is 1. The smallest absolute Gasteiger partial charge is 0.240 e. The van der Waals surface area contributed by atoms with Gasteiger partial charge in [-0.05, 0) is 63.3 Å². The van der Waals surface area contributed by atoms with E-state index in [1.165, 1.54) is 0 Å². The van der Waals surface area contributed by atoms with Crippen LogP contribution in [0.15, 0.2) is 29.2 Å². The molecule has 2 rings (SSSR count). The highest BCUT2D eigenvalue weighted by molar-refractivity contribution is 7.89. The Morgan fingerprint density at radius 1 is 1.29 bits per heavy atom. The molecule has 0 amide bonds. The fourth-order valence-corrected chi connectivity index (χ4v) is 3.80. The number of hydrogen-bond acceptors (Lipinski definition) is 3. The number of hydrogen-bond donors (Lipinski definition) is 2. The van der Waals surface area contributed by atoms with Crippen molar-refractivity contribution in [1.82, 2.24) is 10.0 Å². The Labute approximate surface area is 128 Å². The molecule has 1 saturated carbocycles. The van der Waals surface area contributed by atoms with Crippen molar-refractivity contribution < 1.29 is 8.42 Å². The van der Waals surface area contributed by atoms with E-state index in [2.05, 4.69) is 23.9 Å². The molecule has 0 aliphatic heterocycles. The molecule has 1 aliphatic rings. The van der Waals surface area contributed by atoms with Crippen LogP contribution in [0.25, 0.3) is 0 Å². The maximum absolute atomic E-state index is 12.4. The average molecular weight is 310 g/mol. The van der Waals surface area contributed by atoms with Gasteiger partial charge in [-0.2, -0.15) is 0 Å². The second-order valence-electron chi connectivity index (χ2n) is 6.00. The Morgan fingerprint density at radius 3 is 2.62 bits per heavy atom. The van der Waals surface area contributed by atoms with E-state index < -0.39 is 10.0 Å². The lowest BCUT2D eigenvalue weighted by atomic mass is 10.1. The van der Waals surface area contributed by atoms with Gasteiger partial charge < -0.3 is 5.32 Å². The van der Waals surface area contributed by atoms with Gasteiger partial charge >= 0.3 is 0 Å². The van der Waals surface area contributed by atoms with Crippen molar-refractivity contribution in [2.75, 3.05) is 6.54 Å². The first-order valence-electron chi connectivity index (χ1n) is 7.79. The summed E-state index contributed by atoms with van der Waals surface area (Å²) in [6.45, 7) is 7.05. The van der Waals surface area contributed by atoms with Crippen molar-refractivity contribution in [3.05, 3.63) is 29.8 Å². The van der Waals surface area contributed by atoms with E-state index in [0.717, 1.165) is 31.4 Å². The third-order valence-corrected chi connectivity index (χ3v) is 5.60. The standard InChI is InChI=1S/C16H26N2O2S/c1-4-10-17-12(2)15-6-5-7-16(11-15)21(19,20)18-13(3)14-8-9-14/h5-7,11-14,17-18H,4,8-10H2,1-3H3. The maximum Gasteiger partial charge on any atom is 0.240 e. The summed E-state index contributed by atoms with van der Waals surface area (Å²) in [6.07, 6.45) is 3.31. The van der Waals surface area contributed by atoms with Crippen LogP contribution in [0.1, 0.15) is 51.6 Å². The Hall–Kier alpha value is -0.910. The molecular weight excluding hydrogens is 284 g/mol.